The normalized spacial score (nSPS) is 24.1. The standard InChI is InChI=1S/C12H18N2O3S/c1-17-12-4-2-3-11(12)14-9-5-7-10(8-6-9)18(13,15)16/h5-8,11-12,14H,2-4H2,1H3,(H2,13,15,16). The first-order valence-corrected chi connectivity index (χ1v) is 7.47. The van der Waals surface area contributed by atoms with Gasteiger partial charge in [0.2, 0.25) is 10.0 Å². The number of ether oxygens (including phenoxy) is 1. The summed E-state index contributed by atoms with van der Waals surface area (Å²) in [6, 6.07) is 6.76. The Morgan fingerprint density at radius 1 is 1.28 bits per heavy atom. The summed E-state index contributed by atoms with van der Waals surface area (Å²) in [6.07, 6.45) is 3.49. The van der Waals surface area contributed by atoms with Gasteiger partial charge in [0.25, 0.3) is 0 Å². The van der Waals surface area contributed by atoms with Crippen LogP contribution < -0.4 is 10.5 Å². The van der Waals surface area contributed by atoms with Crippen molar-refractivity contribution < 1.29 is 13.2 Å². The van der Waals surface area contributed by atoms with E-state index >= 15 is 0 Å². The van der Waals surface area contributed by atoms with Gasteiger partial charge in [-0.1, -0.05) is 0 Å². The minimum atomic E-state index is -3.61. The summed E-state index contributed by atoms with van der Waals surface area (Å²) >= 11 is 0. The van der Waals surface area contributed by atoms with Crippen LogP contribution >= 0.6 is 0 Å². The summed E-state index contributed by atoms with van der Waals surface area (Å²) in [5, 5.41) is 8.41. The third-order valence-electron chi connectivity index (χ3n) is 3.29. The molecule has 0 spiro atoms. The van der Waals surface area contributed by atoms with Gasteiger partial charge in [-0.25, -0.2) is 13.6 Å². The van der Waals surface area contributed by atoms with Crippen molar-refractivity contribution in [2.45, 2.75) is 36.3 Å². The topological polar surface area (TPSA) is 81.4 Å². The van der Waals surface area contributed by atoms with Crippen LogP contribution in [-0.4, -0.2) is 27.7 Å². The average molecular weight is 270 g/mol. The van der Waals surface area contributed by atoms with Gasteiger partial charge >= 0.3 is 0 Å². The minimum Gasteiger partial charge on any atom is -0.380 e. The summed E-state index contributed by atoms with van der Waals surface area (Å²) in [7, 11) is -1.90. The number of hydrogen-bond donors (Lipinski definition) is 2. The molecule has 3 N–H and O–H groups in total. The highest BCUT2D eigenvalue weighted by molar-refractivity contribution is 7.89. The van der Waals surface area contributed by atoms with Crippen molar-refractivity contribution in [3.05, 3.63) is 24.3 Å². The first kappa shape index (κ1) is 13.3. The van der Waals surface area contributed by atoms with E-state index in [0.29, 0.717) is 0 Å². The Kier molecular flexibility index (Phi) is 3.89. The quantitative estimate of drug-likeness (QED) is 0.864. The fraction of sp³-hybridized carbons (Fsp3) is 0.500. The Balaban J connectivity index is 2.07. The Bertz CT molecular complexity index is 499. The van der Waals surface area contributed by atoms with Crippen molar-refractivity contribution in [1.29, 1.82) is 0 Å². The molecule has 18 heavy (non-hydrogen) atoms. The molecular weight excluding hydrogens is 252 g/mol. The molecule has 0 aliphatic heterocycles. The van der Waals surface area contributed by atoms with Crippen LogP contribution in [0, 0.1) is 0 Å². The fourth-order valence-electron chi connectivity index (χ4n) is 2.33. The van der Waals surface area contributed by atoms with Gasteiger partial charge in [0.05, 0.1) is 17.0 Å². The number of primary sulfonamides is 1. The molecule has 2 atom stereocenters. The Morgan fingerprint density at radius 3 is 2.50 bits per heavy atom. The highest BCUT2D eigenvalue weighted by Crippen LogP contribution is 2.25. The van der Waals surface area contributed by atoms with Crippen LogP contribution in [0.25, 0.3) is 0 Å². The number of nitrogens with two attached hydrogens (primary N) is 1. The van der Waals surface area contributed by atoms with E-state index in [1.165, 1.54) is 12.1 Å². The first-order chi connectivity index (χ1) is 8.50. The summed E-state index contributed by atoms with van der Waals surface area (Å²) < 4.78 is 27.6. The van der Waals surface area contributed by atoms with Crippen molar-refractivity contribution in [2.75, 3.05) is 12.4 Å². The number of sulfonamides is 1. The zero-order chi connectivity index (χ0) is 13.2. The van der Waals surface area contributed by atoms with E-state index in [1.54, 1.807) is 19.2 Å². The Morgan fingerprint density at radius 2 is 1.94 bits per heavy atom. The molecule has 0 amide bonds. The molecule has 1 aliphatic carbocycles. The Labute approximate surface area is 107 Å². The number of nitrogens with one attached hydrogen (secondary N) is 1. The number of rotatable bonds is 4. The molecule has 1 saturated carbocycles. The lowest BCUT2D eigenvalue weighted by atomic mass is 10.2. The second-order valence-electron chi connectivity index (χ2n) is 4.53. The molecule has 0 radical (unpaired) electrons. The van der Waals surface area contributed by atoms with Crippen LogP contribution in [-0.2, 0) is 14.8 Å². The average Bonchev–Trinajstić information content (AvgIpc) is 2.76. The van der Waals surface area contributed by atoms with Crippen molar-refractivity contribution in [1.82, 2.24) is 0 Å². The van der Waals surface area contributed by atoms with Gasteiger partial charge in [0.1, 0.15) is 0 Å². The monoisotopic (exact) mass is 270 g/mol. The lowest BCUT2D eigenvalue weighted by Gasteiger charge is -2.20. The van der Waals surface area contributed by atoms with E-state index in [0.717, 1.165) is 24.9 Å². The van der Waals surface area contributed by atoms with Gasteiger partial charge in [0, 0.05) is 12.8 Å². The van der Waals surface area contributed by atoms with E-state index in [9.17, 15) is 8.42 Å². The smallest absolute Gasteiger partial charge is 0.238 e. The predicted molar refractivity (Wildman–Crippen MR) is 69.9 cm³/mol. The molecule has 2 rings (SSSR count). The number of methoxy groups -OCH3 is 1. The molecule has 1 aromatic carbocycles. The zero-order valence-electron chi connectivity index (χ0n) is 10.3. The molecule has 5 nitrogen and oxygen atoms in total. The van der Waals surface area contributed by atoms with E-state index < -0.39 is 10.0 Å². The van der Waals surface area contributed by atoms with Crippen LogP contribution in [0.3, 0.4) is 0 Å². The van der Waals surface area contributed by atoms with Crippen LogP contribution in [0.1, 0.15) is 19.3 Å². The molecule has 6 heteroatoms. The van der Waals surface area contributed by atoms with Gasteiger partial charge in [-0.15, -0.1) is 0 Å². The lowest BCUT2D eigenvalue weighted by molar-refractivity contribution is 0.101. The minimum absolute atomic E-state index is 0.128. The van der Waals surface area contributed by atoms with Crippen molar-refractivity contribution in [3.8, 4) is 0 Å². The highest BCUT2D eigenvalue weighted by Gasteiger charge is 2.26. The van der Waals surface area contributed by atoms with Crippen LogP contribution in [0.5, 0.6) is 0 Å². The lowest BCUT2D eigenvalue weighted by Crippen LogP contribution is -2.29. The van der Waals surface area contributed by atoms with Gasteiger partial charge in [-0.3, -0.25) is 0 Å². The zero-order valence-corrected chi connectivity index (χ0v) is 11.1. The van der Waals surface area contributed by atoms with E-state index in [2.05, 4.69) is 5.32 Å². The van der Waals surface area contributed by atoms with Crippen LogP contribution in [0.15, 0.2) is 29.2 Å². The molecule has 0 saturated heterocycles. The maximum absolute atomic E-state index is 11.1. The maximum atomic E-state index is 11.1. The molecule has 1 aromatic rings. The molecule has 100 valence electrons. The van der Waals surface area contributed by atoms with Crippen molar-refractivity contribution in [2.24, 2.45) is 5.14 Å². The highest BCUT2D eigenvalue weighted by atomic mass is 32.2. The first-order valence-electron chi connectivity index (χ1n) is 5.93. The molecular formula is C12H18N2O3S. The summed E-state index contributed by atoms with van der Waals surface area (Å²) in [5.74, 6) is 0. The van der Waals surface area contributed by atoms with Gasteiger partial charge < -0.3 is 10.1 Å². The van der Waals surface area contributed by atoms with Crippen molar-refractivity contribution >= 4 is 15.7 Å². The summed E-state index contributed by atoms with van der Waals surface area (Å²) in [5.41, 5.74) is 0.886. The van der Waals surface area contributed by atoms with Gasteiger partial charge in [-0.05, 0) is 43.5 Å². The van der Waals surface area contributed by atoms with Crippen molar-refractivity contribution in [3.63, 3.8) is 0 Å². The molecule has 0 aromatic heterocycles. The van der Waals surface area contributed by atoms with Gasteiger partial charge in [0.15, 0.2) is 0 Å². The second-order valence-corrected chi connectivity index (χ2v) is 6.09. The number of anilines is 1. The largest absolute Gasteiger partial charge is 0.380 e. The third kappa shape index (κ3) is 3.01. The Hall–Kier alpha value is -1.11. The van der Waals surface area contributed by atoms with E-state index in [1.807, 2.05) is 0 Å². The second kappa shape index (κ2) is 5.26. The molecule has 1 fully saturated rings. The number of hydrogen-bond acceptors (Lipinski definition) is 4. The molecule has 1 aliphatic rings. The van der Waals surface area contributed by atoms with E-state index in [4.69, 9.17) is 9.88 Å². The fourth-order valence-corrected chi connectivity index (χ4v) is 2.84. The molecule has 2 unspecified atom stereocenters. The third-order valence-corrected chi connectivity index (χ3v) is 4.22. The molecule has 0 heterocycles. The summed E-state index contributed by atoms with van der Waals surface area (Å²) in [4.78, 5) is 0.128. The van der Waals surface area contributed by atoms with Crippen LogP contribution in [0.4, 0.5) is 5.69 Å². The SMILES string of the molecule is COC1CCCC1Nc1ccc(S(N)(=O)=O)cc1. The van der Waals surface area contributed by atoms with E-state index in [-0.39, 0.29) is 17.0 Å². The van der Waals surface area contributed by atoms with Gasteiger partial charge in [-0.2, -0.15) is 0 Å². The summed E-state index contributed by atoms with van der Waals surface area (Å²) in [6.45, 7) is 0. The predicted octanol–water partition coefficient (Wildman–Crippen LogP) is 1.31. The number of benzene rings is 1. The molecule has 0 bridgehead atoms. The van der Waals surface area contributed by atoms with Crippen LogP contribution in [0.2, 0.25) is 0 Å². The maximum Gasteiger partial charge on any atom is 0.238 e.